The van der Waals surface area contributed by atoms with Crippen LogP contribution in [0.4, 0.5) is 30.7 Å². The third-order valence-corrected chi connectivity index (χ3v) is 5.99. The van der Waals surface area contributed by atoms with Crippen molar-refractivity contribution in [2.45, 2.75) is 80.1 Å². The summed E-state index contributed by atoms with van der Waals surface area (Å²) < 4.78 is 88.0. The fraction of sp³-hybridized carbons (Fsp3) is 0.552. The highest BCUT2D eigenvalue weighted by molar-refractivity contribution is 5.73. The SMILES string of the molecule is CC.CC(=O)N1CCC(C)C1.CC(C)C(C)c1cc(C(F)(F)F)cc(C(F)(F)F)c1.Cc1cccc(F)c1. The summed E-state index contributed by atoms with van der Waals surface area (Å²) >= 11 is 0. The van der Waals surface area contributed by atoms with Crippen molar-refractivity contribution in [3.63, 3.8) is 0 Å². The third kappa shape index (κ3) is 12.8. The predicted octanol–water partition coefficient (Wildman–Crippen LogP) is 9.52. The minimum Gasteiger partial charge on any atom is -0.343 e. The van der Waals surface area contributed by atoms with Crippen LogP contribution >= 0.6 is 0 Å². The van der Waals surface area contributed by atoms with Crippen molar-refractivity contribution < 1.29 is 35.5 Å². The summed E-state index contributed by atoms with van der Waals surface area (Å²) in [5, 5.41) is 0. The first-order valence-electron chi connectivity index (χ1n) is 12.7. The Hall–Kier alpha value is -2.58. The molecule has 2 nitrogen and oxygen atoms in total. The lowest BCUT2D eigenvalue weighted by Crippen LogP contribution is -2.25. The van der Waals surface area contributed by atoms with Gasteiger partial charge in [-0.3, -0.25) is 4.79 Å². The molecule has 0 bridgehead atoms. The zero-order valence-corrected chi connectivity index (χ0v) is 23.4. The molecule has 1 fully saturated rings. The predicted molar refractivity (Wildman–Crippen MR) is 138 cm³/mol. The number of hydrogen-bond acceptors (Lipinski definition) is 1. The maximum Gasteiger partial charge on any atom is 0.416 e. The number of carbonyl (C=O) groups excluding carboxylic acids is 1. The zero-order valence-electron chi connectivity index (χ0n) is 23.4. The van der Waals surface area contributed by atoms with E-state index in [1.165, 1.54) is 18.6 Å². The summed E-state index contributed by atoms with van der Waals surface area (Å²) in [5.74, 6) is 0.339. The van der Waals surface area contributed by atoms with E-state index in [9.17, 15) is 35.5 Å². The molecule has 0 spiro atoms. The van der Waals surface area contributed by atoms with Crippen molar-refractivity contribution in [1.29, 1.82) is 0 Å². The van der Waals surface area contributed by atoms with Gasteiger partial charge in [0.25, 0.3) is 0 Å². The maximum atomic E-state index is 12.6. The van der Waals surface area contributed by atoms with Crippen LogP contribution in [0.25, 0.3) is 0 Å². The smallest absolute Gasteiger partial charge is 0.343 e. The number of carbonyl (C=O) groups is 1. The molecule has 1 aliphatic heterocycles. The second-order valence-electron chi connectivity index (χ2n) is 9.53. The largest absolute Gasteiger partial charge is 0.416 e. The number of alkyl halides is 6. The molecular weight excluding hydrogens is 511 g/mol. The van der Waals surface area contributed by atoms with E-state index in [2.05, 4.69) is 6.92 Å². The van der Waals surface area contributed by atoms with Crippen molar-refractivity contribution in [2.75, 3.05) is 13.1 Å². The van der Waals surface area contributed by atoms with Gasteiger partial charge in [0.15, 0.2) is 0 Å². The zero-order chi connectivity index (χ0) is 29.8. The molecule has 1 aliphatic rings. The molecule has 38 heavy (non-hydrogen) atoms. The van der Waals surface area contributed by atoms with E-state index in [0.717, 1.165) is 30.8 Å². The number of halogens is 7. The van der Waals surface area contributed by atoms with Crippen LogP contribution < -0.4 is 0 Å². The first-order chi connectivity index (χ1) is 17.4. The van der Waals surface area contributed by atoms with E-state index in [0.29, 0.717) is 5.92 Å². The van der Waals surface area contributed by atoms with E-state index >= 15 is 0 Å². The minimum absolute atomic E-state index is 0.0513. The van der Waals surface area contributed by atoms with Crippen LogP contribution in [0.5, 0.6) is 0 Å². The number of rotatable bonds is 2. The fourth-order valence-electron chi connectivity index (χ4n) is 3.45. The quantitative estimate of drug-likeness (QED) is 0.341. The van der Waals surface area contributed by atoms with Crippen molar-refractivity contribution in [3.8, 4) is 0 Å². The molecule has 2 unspecified atom stereocenters. The maximum absolute atomic E-state index is 12.6. The summed E-state index contributed by atoms with van der Waals surface area (Å²) in [7, 11) is 0. The molecular formula is C29H40F7NO. The van der Waals surface area contributed by atoms with E-state index in [-0.39, 0.29) is 35.2 Å². The van der Waals surface area contributed by atoms with Gasteiger partial charge in [0.2, 0.25) is 5.91 Å². The number of aryl methyl sites for hydroxylation is 1. The number of hydrogen-bond donors (Lipinski definition) is 0. The second-order valence-corrected chi connectivity index (χ2v) is 9.53. The van der Waals surface area contributed by atoms with Crippen LogP contribution in [0, 0.1) is 24.6 Å². The first-order valence-corrected chi connectivity index (χ1v) is 12.7. The molecule has 3 rings (SSSR count). The van der Waals surface area contributed by atoms with E-state index in [4.69, 9.17) is 0 Å². The van der Waals surface area contributed by atoms with Crippen LogP contribution in [0.15, 0.2) is 42.5 Å². The van der Waals surface area contributed by atoms with Crippen molar-refractivity contribution in [3.05, 3.63) is 70.5 Å². The Kier molecular flexibility index (Phi) is 14.7. The monoisotopic (exact) mass is 551 g/mol. The van der Waals surface area contributed by atoms with E-state index < -0.39 is 23.5 Å². The lowest BCUT2D eigenvalue weighted by molar-refractivity contribution is -0.143. The van der Waals surface area contributed by atoms with Gasteiger partial charge in [-0.15, -0.1) is 0 Å². The lowest BCUT2D eigenvalue weighted by atomic mass is 9.88. The lowest BCUT2D eigenvalue weighted by Gasteiger charge is -2.20. The molecule has 0 saturated carbocycles. The number of nitrogens with zero attached hydrogens (tertiary/aromatic N) is 1. The average molecular weight is 552 g/mol. The molecule has 0 aromatic heterocycles. The highest BCUT2D eigenvalue weighted by atomic mass is 19.4. The molecule has 2 aromatic carbocycles. The Morgan fingerprint density at radius 1 is 0.921 bits per heavy atom. The van der Waals surface area contributed by atoms with Crippen molar-refractivity contribution in [2.24, 2.45) is 11.8 Å². The van der Waals surface area contributed by atoms with Crippen molar-refractivity contribution in [1.82, 2.24) is 4.90 Å². The van der Waals surface area contributed by atoms with Crippen LogP contribution in [0.2, 0.25) is 0 Å². The summed E-state index contributed by atoms with van der Waals surface area (Å²) in [6.07, 6.45) is -8.39. The van der Waals surface area contributed by atoms with E-state index in [1.54, 1.807) is 33.8 Å². The van der Waals surface area contributed by atoms with Gasteiger partial charge < -0.3 is 4.90 Å². The van der Waals surface area contributed by atoms with Gasteiger partial charge in [-0.2, -0.15) is 26.3 Å². The Morgan fingerprint density at radius 3 is 1.68 bits per heavy atom. The summed E-state index contributed by atoms with van der Waals surface area (Å²) in [6, 6.07) is 8.23. The molecule has 2 atom stereocenters. The average Bonchev–Trinajstić information content (AvgIpc) is 3.26. The normalized spacial score (nSPS) is 15.9. The van der Waals surface area contributed by atoms with Gasteiger partial charge in [-0.1, -0.05) is 53.7 Å². The molecule has 1 saturated heterocycles. The Bertz CT molecular complexity index is 934. The summed E-state index contributed by atoms with van der Waals surface area (Å²) in [4.78, 5) is 12.6. The van der Waals surface area contributed by atoms with Crippen LogP contribution in [0.3, 0.4) is 0 Å². The van der Waals surface area contributed by atoms with Crippen LogP contribution in [0.1, 0.15) is 83.1 Å². The fourth-order valence-corrected chi connectivity index (χ4v) is 3.45. The van der Waals surface area contributed by atoms with Gasteiger partial charge >= 0.3 is 12.4 Å². The van der Waals surface area contributed by atoms with Crippen molar-refractivity contribution >= 4 is 5.91 Å². The van der Waals surface area contributed by atoms with Gasteiger partial charge in [-0.05, 0) is 72.6 Å². The number of amides is 1. The highest BCUT2D eigenvalue weighted by Gasteiger charge is 2.37. The summed E-state index contributed by atoms with van der Waals surface area (Å²) in [5.41, 5.74) is -1.50. The second kappa shape index (κ2) is 15.7. The van der Waals surface area contributed by atoms with Gasteiger partial charge in [0.05, 0.1) is 11.1 Å². The number of likely N-dealkylation sites (tertiary alicyclic amines) is 1. The molecule has 0 radical (unpaired) electrons. The molecule has 1 heterocycles. The standard InChI is InChI=1S/C13H14F6.C7H7F.C7H13NO.C2H6/c1-7(2)8(3)9-4-10(12(14,15)16)6-11(5-9)13(17,18)19;1-6-3-2-4-7(8)5-6;1-6-3-4-8(5-6)7(2)9;1-2/h4-8H,1-3H3;2-5H,1H3;6H,3-5H2,1-2H3;1-2H3. The van der Waals surface area contributed by atoms with Gasteiger partial charge in [0, 0.05) is 20.0 Å². The first kappa shape index (κ1) is 35.4. The molecule has 216 valence electrons. The number of benzene rings is 2. The Balaban J connectivity index is 0.000000594. The molecule has 1 amide bonds. The van der Waals surface area contributed by atoms with E-state index in [1.807, 2.05) is 31.7 Å². The molecule has 0 N–H and O–H groups in total. The molecule has 2 aromatic rings. The summed E-state index contributed by atoms with van der Waals surface area (Å²) in [6.45, 7) is 16.7. The van der Waals surface area contributed by atoms with Crippen LogP contribution in [-0.4, -0.2) is 23.9 Å². The highest BCUT2D eigenvalue weighted by Crippen LogP contribution is 2.38. The molecule has 9 heteroatoms. The molecule has 0 aliphatic carbocycles. The van der Waals surface area contributed by atoms with Gasteiger partial charge in [0.1, 0.15) is 5.82 Å². The Labute approximate surface area is 222 Å². The Morgan fingerprint density at radius 2 is 1.42 bits per heavy atom. The van der Waals surface area contributed by atoms with Gasteiger partial charge in [-0.25, -0.2) is 4.39 Å². The van der Waals surface area contributed by atoms with Crippen LogP contribution in [-0.2, 0) is 17.1 Å². The third-order valence-electron chi connectivity index (χ3n) is 5.99. The topological polar surface area (TPSA) is 20.3 Å². The minimum atomic E-state index is -4.79.